The highest BCUT2D eigenvalue weighted by Crippen LogP contribution is 2.32. The monoisotopic (exact) mass is 328 g/mol. The SMILES string of the molecule is Cl.NCc1ccc2c(c1)CCCN2S(=O)(=O)c1ccco1. The van der Waals surface area contributed by atoms with E-state index in [2.05, 4.69) is 0 Å². The molecule has 0 aliphatic carbocycles. The third-order valence-corrected chi connectivity index (χ3v) is 5.20. The Balaban J connectivity index is 0.00000161. The van der Waals surface area contributed by atoms with E-state index in [0.29, 0.717) is 13.1 Å². The van der Waals surface area contributed by atoms with E-state index in [4.69, 9.17) is 10.2 Å². The molecule has 0 saturated heterocycles. The predicted octanol–water partition coefficient (Wildman–Crippen LogP) is 2.30. The quantitative estimate of drug-likeness (QED) is 0.938. The Bertz CT molecular complexity index is 714. The molecule has 1 aromatic carbocycles. The van der Waals surface area contributed by atoms with Gasteiger partial charge in [-0.15, -0.1) is 12.4 Å². The van der Waals surface area contributed by atoms with Crippen LogP contribution in [0.5, 0.6) is 0 Å². The standard InChI is InChI=1S/C14H16N2O3S.ClH/c15-10-11-5-6-13-12(9-11)3-1-7-16(13)20(17,18)14-4-2-8-19-14;/h2,4-6,8-9H,1,3,7,10,15H2;1H. The lowest BCUT2D eigenvalue weighted by Gasteiger charge is -2.29. The lowest BCUT2D eigenvalue weighted by molar-refractivity contribution is 0.448. The highest BCUT2D eigenvalue weighted by Gasteiger charge is 2.30. The molecule has 0 radical (unpaired) electrons. The van der Waals surface area contributed by atoms with Crippen LogP contribution in [-0.2, 0) is 23.0 Å². The van der Waals surface area contributed by atoms with Crippen LogP contribution in [0.3, 0.4) is 0 Å². The Labute approximate surface area is 130 Å². The van der Waals surface area contributed by atoms with Crippen LogP contribution in [0.1, 0.15) is 17.5 Å². The largest absolute Gasteiger partial charge is 0.451 e. The Morgan fingerprint density at radius 1 is 1.29 bits per heavy atom. The van der Waals surface area contributed by atoms with Crippen molar-refractivity contribution in [2.75, 3.05) is 10.8 Å². The van der Waals surface area contributed by atoms with Crippen molar-refractivity contribution in [1.82, 2.24) is 0 Å². The molecule has 0 spiro atoms. The molecule has 3 rings (SSSR count). The molecule has 2 heterocycles. The smallest absolute Gasteiger partial charge is 0.297 e. The summed E-state index contributed by atoms with van der Waals surface area (Å²) in [6.07, 6.45) is 3.03. The maximum absolute atomic E-state index is 12.6. The van der Waals surface area contributed by atoms with Gasteiger partial charge in [0.2, 0.25) is 5.09 Å². The number of nitrogens with two attached hydrogens (primary N) is 1. The fourth-order valence-electron chi connectivity index (χ4n) is 2.51. The average Bonchev–Trinajstić information content (AvgIpc) is 3.01. The summed E-state index contributed by atoms with van der Waals surface area (Å²) < 4.78 is 31.6. The van der Waals surface area contributed by atoms with Crippen LogP contribution in [0.25, 0.3) is 0 Å². The minimum absolute atomic E-state index is 0. The first-order chi connectivity index (χ1) is 9.63. The Morgan fingerprint density at radius 2 is 2.10 bits per heavy atom. The van der Waals surface area contributed by atoms with Gasteiger partial charge in [-0.05, 0) is 42.2 Å². The molecule has 0 saturated carbocycles. The van der Waals surface area contributed by atoms with Crippen molar-refractivity contribution in [1.29, 1.82) is 0 Å². The average molecular weight is 329 g/mol. The minimum atomic E-state index is -3.62. The summed E-state index contributed by atoms with van der Waals surface area (Å²) in [6, 6.07) is 8.73. The summed E-state index contributed by atoms with van der Waals surface area (Å²) in [7, 11) is -3.62. The number of benzene rings is 1. The van der Waals surface area contributed by atoms with Gasteiger partial charge in [0.05, 0.1) is 12.0 Å². The lowest BCUT2D eigenvalue weighted by atomic mass is 10.0. The number of halogens is 1. The Morgan fingerprint density at radius 3 is 2.76 bits per heavy atom. The van der Waals surface area contributed by atoms with Crippen molar-refractivity contribution in [2.24, 2.45) is 5.73 Å². The molecule has 21 heavy (non-hydrogen) atoms. The fourth-order valence-corrected chi connectivity index (χ4v) is 3.96. The van der Waals surface area contributed by atoms with Gasteiger partial charge in [-0.2, -0.15) is 8.42 Å². The summed E-state index contributed by atoms with van der Waals surface area (Å²) in [5, 5.41) is -0.0201. The Kier molecular flexibility index (Phi) is 4.61. The molecule has 0 fully saturated rings. The van der Waals surface area contributed by atoms with Crippen LogP contribution >= 0.6 is 12.4 Å². The molecule has 2 aromatic rings. The molecule has 114 valence electrons. The van der Waals surface area contributed by atoms with E-state index in [1.165, 1.54) is 16.6 Å². The second-order valence-electron chi connectivity index (χ2n) is 4.78. The highest BCUT2D eigenvalue weighted by atomic mass is 35.5. The lowest BCUT2D eigenvalue weighted by Crippen LogP contribution is -2.35. The van der Waals surface area contributed by atoms with Crippen molar-refractivity contribution in [2.45, 2.75) is 24.5 Å². The number of fused-ring (bicyclic) bond motifs is 1. The van der Waals surface area contributed by atoms with E-state index in [1.807, 2.05) is 18.2 Å². The van der Waals surface area contributed by atoms with Crippen molar-refractivity contribution >= 4 is 28.1 Å². The second-order valence-corrected chi connectivity index (χ2v) is 6.57. The van der Waals surface area contributed by atoms with E-state index in [9.17, 15) is 8.42 Å². The third kappa shape index (κ3) is 2.79. The first kappa shape index (κ1) is 15.9. The first-order valence-corrected chi connectivity index (χ1v) is 7.95. The van der Waals surface area contributed by atoms with Crippen LogP contribution in [0.15, 0.2) is 46.1 Å². The molecule has 1 aromatic heterocycles. The minimum Gasteiger partial charge on any atom is -0.451 e. The summed E-state index contributed by atoms with van der Waals surface area (Å²) in [6.45, 7) is 0.927. The molecule has 1 aliphatic rings. The Hall–Kier alpha value is -1.50. The van der Waals surface area contributed by atoms with E-state index in [1.54, 1.807) is 6.07 Å². The van der Waals surface area contributed by atoms with E-state index in [-0.39, 0.29) is 17.5 Å². The predicted molar refractivity (Wildman–Crippen MR) is 83.1 cm³/mol. The van der Waals surface area contributed by atoms with Gasteiger partial charge < -0.3 is 10.2 Å². The van der Waals surface area contributed by atoms with Gasteiger partial charge in [0, 0.05) is 13.1 Å². The van der Waals surface area contributed by atoms with Crippen molar-refractivity contribution in [3.63, 3.8) is 0 Å². The number of furan rings is 1. The zero-order valence-corrected chi connectivity index (χ0v) is 13.0. The second kappa shape index (κ2) is 6.09. The van der Waals surface area contributed by atoms with Crippen LogP contribution in [0.4, 0.5) is 5.69 Å². The molecular formula is C14H17ClN2O3S. The number of aryl methyl sites for hydroxylation is 1. The van der Waals surface area contributed by atoms with E-state index >= 15 is 0 Å². The molecule has 0 atom stereocenters. The molecule has 0 unspecified atom stereocenters. The van der Waals surface area contributed by atoms with Gasteiger partial charge in [-0.25, -0.2) is 0 Å². The van der Waals surface area contributed by atoms with Gasteiger partial charge in [0.1, 0.15) is 0 Å². The molecular weight excluding hydrogens is 312 g/mol. The number of anilines is 1. The molecule has 1 aliphatic heterocycles. The zero-order chi connectivity index (χ0) is 14.2. The topological polar surface area (TPSA) is 76.5 Å². The molecule has 2 N–H and O–H groups in total. The van der Waals surface area contributed by atoms with Crippen molar-refractivity contribution < 1.29 is 12.8 Å². The number of hydrogen-bond acceptors (Lipinski definition) is 4. The number of sulfonamides is 1. The molecule has 0 amide bonds. The summed E-state index contributed by atoms with van der Waals surface area (Å²) in [5.74, 6) is 0. The van der Waals surface area contributed by atoms with E-state index < -0.39 is 10.0 Å². The summed E-state index contributed by atoms with van der Waals surface area (Å²) in [5.41, 5.74) is 8.40. The van der Waals surface area contributed by atoms with Gasteiger partial charge in [-0.3, -0.25) is 4.31 Å². The van der Waals surface area contributed by atoms with Crippen LogP contribution in [0.2, 0.25) is 0 Å². The summed E-state index contributed by atoms with van der Waals surface area (Å²) >= 11 is 0. The van der Waals surface area contributed by atoms with Crippen LogP contribution < -0.4 is 10.0 Å². The van der Waals surface area contributed by atoms with Gasteiger partial charge in [0.25, 0.3) is 10.0 Å². The van der Waals surface area contributed by atoms with Gasteiger partial charge >= 0.3 is 0 Å². The molecule has 7 heteroatoms. The maximum Gasteiger partial charge on any atom is 0.297 e. The number of nitrogens with zero attached hydrogens (tertiary/aromatic N) is 1. The first-order valence-electron chi connectivity index (χ1n) is 6.51. The van der Waals surface area contributed by atoms with Crippen molar-refractivity contribution in [3.05, 3.63) is 47.7 Å². The molecule has 0 bridgehead atoms. The van der Waals surface area contributed by atoms with E-state index in [0.717, 1.165) is 29.7 Å². The van der Waals surface area contributed by atoms with Crippen LogP contribution in [-0.4, -0.2) is 15.0 Å². The van der Waals surface area contributed by atoms with Crippen molar-refractivity contribution in [3.8, 4) is 0 Å². The normalized spacial score (nSPS) is 14.4. The maximum atomic E-state index is 12.6. The van der Waals surface area contributed by atoms with Gasteiger partial charge in [-0.1, -0.05) is 12.1 Å². The van der Waals surface area contributed by atoms with Crippen LogP contribution in [0, 0.1) is 0 Å². The number of hydrogen-bond donors (Lipinski definition) is 1. The third-order valence-electron chi connectivity index (χ3n) is 3.50. The summed E-state index contributed by atoms with van der Waals surface area (Å²) in [4.78, 5) is 0. The number of rotatable bonds is 3. The highest BCUT2D eigenvalue weighted by molar-refractivity contribution is 7.92. The molecule has 5 nitrogen and oxygen atoms in total. The zero-order valence-electron chi connectivity index (χ0n) is 11.4. The fraction of sp³-hybridized carbons (Fsp3) is 0.286. The van der Waals surface area contributed by atoms with Gasteiger partial charge in [0.15, 0.2) is 0 Å².